The maximum Gasteiger partial charge on any atom is 0.388 e. The Morgan fingerprint density at radius 3 is 2.91 bits per heavy atom. The summed E-state index contributed by atoms with van der Waals surface area (Å²) in [5, 5.41) is 4.01. The van der Waals surface area contributed by atoms with Gasteiger partial charge < -0.3 is 9.64 Å². The minimum Gasteiger partial charge on any atom is -0.417 e. The number of aryl methyl sites for hydroxylation is 1. The first-order valence-corrected chi connectivity index (χ1v) is 8.00. The normalized spacial score (nSPS) is 17.3. The number of fused-ring (bicyclic) bond motifs is 1. The van der Waals surface area contributed by atoms with E-state index in [4.69, 9.17) is 0 Å². The average Bonchev–Trinajstić information content (AvgIpc) is 2.87. The molecule has 0 saturated heterocycles. The van der Waals surface area contributed by atoms with Crippen LogP contribution in [0.4, 0.5) is 14.5 Å². The molecule has 23 heavy (non-hydrogen) atoms. The molecule has 1 aromatic heterocycles. The largest absolute Gasteiger partial charge is 0.417 e. The molecule has 5 nitrogen and oxygen atoms in total. The number of para-hydroxylation sites is 1. The monoisotopic (exact) mass is 339 g/mol. The van der Waals surface area contributed by atoms with Crippen molar-refractivity contribution in [2.75, 3.05) is 10.7 Å². The van der Waals surface area contributed by atoms with Gasteiger partial charge in [0.25, 0.3) is 5.91 Å². The average molecular weight is 339 g/mol. The van der Waals surface area contributed by atoms with Gasteiger partial charge in [0, 0.05) is 29.8 Å². The quantitative estimate of drug-likeness (QED) is 0.862. The number of thioether (sulfide) groups is 1. The highest BCUT2D eigenvalue weighted by Crippen LogP contribution is 2.38. The maximum absolute atomic E-state index is 12.8. The van der Waals surface area contributed by atoms with E-state index in [0.717, 1.165) is 21.0 Å². The molecule has 1 aromatic carbocycles. The molecule has 2 aromatic rings. The van der Waals surface area contributed by atoms with Crippen LogP contribution in [0.1, 0.15) is 17.4 Å². The summed E-state index contributed by atoms with van der Waals surface area (Å²) in [4.78, 5) is 15.5. The molecular weight excluding hydrogens is 324 g/mol. The molecular formula is C15H15F2N3O2S. The van der Waals surface area contributed by atoms with Gasteiger partial charge in [0.2, 0.25) is 5.88 Å². The van der Waals surface area contributed by atoms with Crippen LogP contribution < -0.4 is 9.64 Å². The molecule has 0 spiro atoms. The fourth-order valence-corrected chi connectivity index (χ4v) is 3.55. The molecule has 0 saturated carbocycles. The zero-order valence-electron chi connectivity index (χ0n) is 12.6. The number of ether oxygens (including phenoxy) is 1. The number of halogens is 2. The van der Waals surface area contributed by atoms with Gasteiger partial charge in [-0.15, -0.1) is 11.8 Å². The summed E-state index contributed by atoms with van der Waals surface area (Å²) in [5.41, 5.74) is 0.889. The molecule has 0 fully saturated rings. The van der Waals surface area contributed by atoms with E-state index in [1.807, 2.05) is 31.2 Å². The van der Waals surface area contributed by atoms with Gasteiger partial charge in [0.1, 0.15) is 0 Å². The SMILES string of the molecule is CC1CSc2ccccc2N1C(=O)c1cc(OC(F)F)n(C)n1. The van der Waals surface area contributed by atoms with E-state index in [1.165, 1.54) is 13.1 Å². The van der Waals surface area contributed by atoms with Crippen molar-refractivity contribution in [2.24, 2.45) is 7.05 Å². The molecule has 8 heteroatoms. The van der Waals surface area contributed by atoms with E-state index in [1.54, 1.807) is 16.7 Å². The summed E-state index contributed by atoms with van der Waals surface area (Å²) >= 11 is 1.69. The van der Waals surface area contributed by atoms with Crippen molar-refractivity contribution in [1.29, 1.82) is 0 Å². The number of carbonyl (C=O) groups excluding carboxylic acids is 1. The first-order valence-electron chi connectivity index (χ1n) is 7.01. The van der Waals surface area contributed by atoms with E-state index >= 15 is 0 Å². The van der Waals surface area contributed by atoms with Gasteiger partial charge in [-0.2, -0.15) is 13.9 Å². The lowest BCUT2D eigenvalue weighted by atomic mass is 10.2. The lowest BCUT2D eigenvalue weighted by molar-refractivity contribution is -0.0553. The standard InChI is InChI=1S/C15H15F2N3O2S/c1-9-8-23-12-6-4-3-5-11(12)20(9)14(21)10-7-13(19(2)18-10)22-15(16)17/h3-7,9,15H,8H2,1-2H3. The summed E-state index contributed by atoms with van der Waals surface area (Å²) in [6.45, 7) is -1.01. The Kier molecular flexibility index (Phi) is 4.25. The molecule has 0 bridgehead atoms. The minimum absolute atomic E-state index is 0.0242. The number of hydrogen-bond acceptors (Lipinski definition) is 4. The molecule has 1 atom stereocenters. The number of hydrogen-bond donors (Lipinski definition) is 0. The Morgan fingerprint density at radius 1 is 1.43 bits per heavy atom. The second kappa shape index (κ2) is 6.19. The van der Waals surface area contributed by atoms with E-state index in [0.29, 0.717) is 0 Å². The van der Waals surface area contributed by atoms with Crippen LogP contribution >= 0.6 is 11.8 Å². The maximum atomic E-state index is 12.8. The second-order valence-electron chi connectivity index (χ2n) is 5.17. The van der Waals surface area contributed by atoms with Crippen LogP contribution in [0, 0.1) is 0 Å². The number of alkyl halides is 2. The van der Waals surface area contributed by atoms with E-state index < -0.39 is 6.61 Å². The highest BCUT2D eigenvalue weighted by Gasteiger charge is 2.31. The Morgan fingerprint density at radius 2 is 2.17 bits per heavy atom. The zero-order valence-corrected chi connectivity index (χ0v) is 13.4. The number of benzene rings is 1. The first kappa shape index (κ1) is 15.8. The Hall–Kier alpha value is -2.09. The van der Waals surface area contributed by atoms with Crippen molar-refractivity contribution in [1.82, 2.24) is 9.78 Å². The first-order chi connectivity index (χ1) is 11.0. The number of rotatable bonds is 3. The van der Waals surface area contributed by atoms with Crippen molar-refractivity contribution >= 4 is 23.4 Å². The van der Waals surface area contributed by atoms with E-state index in [-0.39, 0.29) is 23.5 Å². The summed E-state index contributed by atoms with van der Waals surface area (Å²) in [5.74, 6) is 0.288. The van der Waals surface area contributed by atoms with Gasteiger partial charge in [-0.3, -0.25) is 4.79 Å². The molecule has 1 aliphatic rings. The van der Waals surface area contributed by atoms with Crippen molar-refractivity contribution in [2.45, 2.75) is 24.5 Å². The third-order valence-electron chi connectivity index (χ3n) is 3.53. The number of aromatic nitrogens is 2. The Bertz CT molecular complexity index is 735. The lowest BCUT2D eigenvalue weighted by Crippen LogP contribution is -2.42. The second-order valence-corrected chi connectivity index (χ2v) is 6.23. The fraction of sp³-hybridized carbons (Fsp3) is 0.333. The molecule has 0 radical (unpaired) electrons. The van der Waals surface area contributed by atoms with E-state index in [9.17, 15) is 13.6 Å². The third-order valence-corrected chi connectivity index (χ3v) is 4.84. The van der Waals surface area contributed by atoms with Crippen molar-refractivity contribution in [3.63, 3.8) is 0 Å². The molecule has 3 rings (SSSR count). The predicted molar refractivity (Wildman–Crippen MR) is 83.3 cm³/mol. The fourth-order valence-electron chi connectivity index (χ4n) is 2.49. The number of carbonyl (C=O) groups is 1. The van der Waals surface area contributed by atoms with Crippen LogP contribution in [0.15, 0.2) is 35.2 Å². The van der Waals surface area contributed by atoms with Gasteiger partial charge in [-0.05, 0) is 19.1 Å². The minimum atomic E-state index is -2.96. The highest BCUT2D eigenvalue weighted by atomic mass is 32.2. The number of nitrogens with zero attached hydrogens (tertiary/aromatic N) is 3. The van der Waals surface area contributed by atoms with Crippen molar-refractivity contribution in [3.05, 3.63) is 36.0 Å². The van der Waals surface area contributed by atoms with Crippen LogP contribution in [0.3, 0.4) is 0 Å². The van der Waals surface area contributed by atoms with Gasteiger partial charge in [0.15, 0.2) is 5.69 Å². The lowest BCUT2D eigenvalue weighted by Gasteiger charge is -2.34. The molecule has 122 valence electrons. The Labute approximate surface area is 136 Å². The molecule has 1 aliphatic heterocycles. The molecule has 1 unspecified atom stereocenters. The van der Waals surface area contributed by atoms with Crippen molar-refractivity contribution in [3.8, 4) is 5.88 Å². The van der Waals surface area contributed by atoms with Crippen LogP contribution in [0.5, 0.6) is 5.88 Å². The van der Waals surface area contributed by atoms with Crippen LogP contribution in [0.2, 0.25) is 0 Å². The smallest absolute Gasteiger partial charge is 0.388 e. The highest BCUT2D eigenvalue weighted by molar-refractivity contribution is 7.99. The van der Waals surface area contributed by atoms with Crippen LogP contribution in [0.25, 0.3) is 0 Å². The zero-order chi connectivity index (χ0) is 16.6. The number of anilines is 1. The number of amides is 1. The van der Waals surface area contributed by atoms with Crippen molar-refractivity contribution < 1.29 is 18.3 Å². The third kappa shape index (κ3) is 3.03. The topological polar surface area (TPSA) is 47.4 Å². The van der Waals surface area contributed by atoms with Gasteiger partial charge in [0.05, 0.1) is 5.69 Å². The van der Waals surface area contributed by atoms with Gasteiger partial charge >= 0.3 is 6.61 Å². The molecule has 0 aliphatic carbocycles. The van der Waals surface area contributed by atoms with Gasteiger partial charge in [-0.25, -0.2) is 4.68 Å². The summed E-state index contributed by atoms with van der Waals surface area (Å²) in [6, 6.07) is 8.82. The van der Waals surface area contributed by atoms with Crippen LogP contribution in [-0.4, -0.2) is 34.1 Å². The predicted octanol–water partition coefficient (Wildman–Crippen LogP) is 3.16. The van der Waals surface area contributed by atoms with Gasteiger partial charge in [-0.1, -0.05) is 12.1 Å². The Balaban J connectivity index is 1.94. The molecule has 0 N–H and O–H groups in total. The summed E-state index contributed by atoms with van der Waals surface area (Å²) < 4.78 is 30.2. The van der Waals surface area contributed by atoms with E-state index in [2.05, 4.69) is 9.84 Å². The summed E-state index contributed by atoms with van der Waals surface area (Å²) in [7, 11) is 1.46. The molecule has 1 amide bonds. The molecule has 2 heterocycles. The summed E-state index contributed by atoms with van der Waals surface area (Å²) in [6.07, 6.45) is 0. The van der Waals surface area contributed by atoms with Crippen LogP contribution in [-0.2, 0) is 7.05 Å².